The van der Waals surface area contributed by atoms with Gasteiger partial charge in [0.15, 0.2) is 5.13 Å². The summed E-state index contributed by atoms with van der Waals surface area (Å²) in [5, 5.41) is 14.8. The zero-order chi connectivity index (χ0) is 23.4. The molecule has 3 rings (SSSR count). The summed E-state index contributed by atoms with van der Waals surface area (Å²) in [4.78, 5) is 30.8. The van der Waals surface area contributed by atoms with E-state index in [1.54, 1.807) is 17.5 Å². The molecule has 3 aromatic rings. The summed E-state index contributed by atoms with van der Waals surface area (Å²) in [6.07, 6.45) is 1.35. The maximum Gasteiger partial charge on any atom is 0.266 e. The quantitative estimate of drug-likeness (QED) is 0.340. The number of nitrogens with zero attached hydrogens (tertiary/aromatic N) is 3. The van der Waals surface area contributed by atoms with Crippen LogP contribution < -0.4 is 10.2 Å². The van der Waals surface area contributed by atoms with Crippen LogP contribution in [-0.2, 0) is 9.59 Å². The molecule has 0 unspecified atom stereocenters. The summed E-state index contributed by atoms with van der Waals surface area (Å²) in [6.45, 7) is 5.42. The minimum absolute atomic E-state index is 0.168. The Labute approximate surface area is 199 Å². The number of anilines is 3. The maximum atomic E-state index is 12.6. The van der Waals surface area contributed by atoms with Gasteiger partial charge in [0.25, 0.3) is 5.91 Å². The van der Waals surface area contributed by atoms with Crippen molar-refractivity contribution in [3.8, 4) is 6.07 Å². The molecule has 2 amide bonds. The highest BCUT2D eigenvalue weighted by Gasteiger charge is 2.19. The lowest BCUT2D eigenvalue weighted by molar-refractivity contribution is -0.116. The Morgan fingerprint density at radius 3 is 2.56 bits per heavy atom. The third kappa shape index (κ3) is 5.35. The third-order valence-corrected chi connectivity index (χ3v) is 6.01. The number of benzene rings is 2. The third-order valence-electron chi connectivity index (χ3n) is 4.60. The second kappa shape index (κ2) is 9.96. The van der Waals surface area contributed by atoms with E-state index in [0.29, 0.717) is 32.2 Å². The van der Waals surface area contributed by atoms with Crippen LogP contribution in [0.1, 0.15) is 23.7 Å². The first-order valence-electron chi connectivity index (χ1n) is 9.41. The topological polar surface area (TPSA) is 86.1 Å². The van der Waals surface area contributed by atoms with Gasteiger partial charge in [0.2, 0.25) is 5.91 Å². The largest absolute Gasteiger partial charge is 0.320 e. The Morgan fingerprint density at radius 1 is 1.16 bits per heavy atom. The van der Waals surface area contributed by atoms with E-state index in [0.717, 1.165) is 11.1 Å². The molecule has 0 saturated heterocycles. The molecule has 0 aliphatic rings. The number of carbonyl (C=O) groups excluding carboxylic acids is 2. The zero-order valence-electron chi connectivity index (χ0n) is 17.4. The van der Waals surface area contributed by atoms with Crippen molar-refractivity contribution >= 4 is 68.9 Å². The number of thiazole rings is 1. The number of aryl methyl sites for hydroxylation is 2. The number of nitriles is 1. The lowest BCUT2D eigenvalue weighted by atomic mass is 10.1. The van der Waals surface area contributed by atoms with Crippen molar-refractivity contribution in [2.45, 2.75) is 20.8 Å². The number of hydrogen-bond donors (Lipinski definition) is 1. The summed E-state index contributed by atoms with van der Waals surface area (Å²) in [6, 6.07) is 12.2. The molecule has 162 valence electrons. The molecule has 0 fully saturated rings. The molecule has 0 saturated carbocycles. The smallest absolute Gasteiger partial charge is 0.266 e. The van der Waals surface area contributed by atoms with E-state index < -0.39 is 5.91 Å². The molecule has 32 heavy (non-hydrogen) atoms. The molecule has 0 spiro atoms. The predicted molar refractivity (Wildman–Crippen MR) is 130 cm³/mol. The van der Waals surface area contributed by atoms with Crippen LogP contribution in [0.15, 0.2) is 47.4 Å². The average Bonchev–Trinajstić information content (AvgIpc) is 3.19. The zero-order valence-corrected chi connectivity index (χ0v) is 19.8. The van der Waals surface area contributed by atoms with Crippen molar-refractivity contribution in [1.29, 1.82) is 5.26 Å². The molecule has 0 atom stereocenters. The fourth-order valence-electron chi connectivity index (χ4n) is 2.82. The number of carbonyl (C=O) groups is 2. The van der Waals surface area contributed by atoms with Crippen LogP contribution in [0.25, 0.3) is 6.08 Å². The standard InChI is InChI=1S/C23H18Cl2N4O2S/c1-13-4-6-19(8-14(13)2)29(15(3)30)23-27-18(12-32-23)9-16(11-26)22(31)28-21-10-17(24)5-7-20(21)25/h4-10,12H,1-3H3,(H,28,31)/b16-9+. The van der Waals surface area contributed by atoms with E-state index in [9.17, 15) is 14.9 Å². The van der Waals surface area contributed by atoms with Crippen molar-refractivity contribution in [3.63, 3.8) is 0 Å². The molecule has 1 aromatic heterocycles. The normalized spacial score (nSPS) is 11.1. The maximum absolute atomic E-state index is 12.6. The average molecular weight is 485 g/mol. The fourth-order valence-corrected chi connectivity index (χ4v) is 4.00. The highest BCUT2D eigenvalue weighted by Crippen LogP contribution is 2.31. The number of nitrogens with one attached hydrogen (secondary N) is 1. The van der Waals surface area contributed by atoms with Crippen molar-refractivity contribution in [2.24, 2.45) is 0 Å². The molecule has 0 aliphatic heterocycles. The van der Waals surface area contributed by atoms with Crippen LogP contribution >= 0.6 is 34.5 Å². The Kier molecular flexibility index (Phi) is 7.31. The van der Waals surface area contributed by atoms with Crippen LogP contribution in [-0.4, -0.2) is 16.8 Å². The number of aromatic nitrogens is 1. The van der Waals surface area contributed by atoms with E-state index in [2.05, 4.69) is 10.3 Å². The molecule has 6 nitrogen and oxygen atoms in total. The molecule has 0 bridgehead atoms. The van der Waals surface area contributed by atoms with Gasteiger partial charge in [-0.1, -0.05) is 29.3 Å². The van der Waals surface area contributed by atoms with Crippen LogP contribution in [0.4, 0.5) is 16.5 Å². The molecular formula is C23H18Cl2N4O2S. The number of amides is 2. The Balaban J connectivity index is 1.88. The van der Waals surface area contributed by atoms with Gasteiger partial charge in [-0.15, -0.1) is 11.3 Å². The molecular weight excluding hydrogens is 467 g/mol. The summed E-state index contributed by atoms with van der Waals surface area (Å²) in [5.41, 5.74) is 3.36. The van der Waals surface area contributed by atoms with E-state index in [1.807, 2.05) is 38.1 Å². The summed E-state index contributed by atoms with van der Waals surface area (Å²) in [5.74, 6) is -0.851. The van der Waals surface area contributed by atoms with Gasteiger partial charge in [-0.2, -0.15) is 5.26 Å². The van der Waals surface area contributed by atoms with Crippen molar-refractivity contribution in [3.05, 3.63) is 74.2 Å². The lowest BCUT2D eigenvalue weighted by Gasteiger charge is -2.19. The number of rotatable bonds is 5. The summed E-state index contributed by atoms with van der Waals surface area (Å²) < 4.78 is 0. The minimum atomic E-state index is -0.649. The van der Waals surface area contributed by atoms with Crippen LogP contribution in [0.3, 0.4) is 0 Å². The summed E-state index contributed by atoms with van der Waals surface area (Å²) in [7, 11) is 0. The van der Waals surface area contributed by atoms with E-state index in [1.165, 1.54) is 35.3 Å². The van der Waals surface area contributed by atoms with Gasteiger partial charge in [-0.25, -0.2) is 4.98 Å². The number of hydrogen-bond acceptors (Lipinski definition) is 5. The van der Waals surface area contributed by atoms with Gasteiger partial charge in [0.1, 0.15) is 11.6 Å². The molecule has 2 aromatic carbocycles. The minimum Gasteiger partial charge on any atom is -0.320 e. The first-order valence-corrected chi connectivity index (χ1v) is 11.0. The van der Waals surface area contributed by atoms with Crippen molar-refractivity contribution < 1.29 is 9.59 Å². The molecule has 0 radical (unpaired) electrons. The van der Waals surface area contributed by atoms with Gasteiger partial charge in [0.05, 0.1) is 22.1 Å². The molecule has 0 aliphatic carbocycles. The second-order valence-corrected chi connectivity index (χ2v) is 8.61. The van der Waals surface area contributed by atoms with E-state index in [4.69, 9.17) is 23.2 Å². The molecule has 1 N–H and O–H groups in total. The molecule has 1 heterocycles. The summed E-state index contributed by atoms with van der Waals surface area (Å²) >= 11 is 13.2. The monoisotopic (exact) mass is 484 g/mol. The first kappa shape index (κ1) is 23.5. The van der Waals surface area contributed by atoms with E-state index >= 15 is 0 Å². The fraction of sp³-hybridized carbons (Fsp3) is 0.130. The van der Waals surface area contributed by atoms with Crippen LogP contribution in [0, 0.1) is 25.2 Å². The Hall–Kier alpha value is -3.18. The first-order chi connectivity index (χ1) is 15.2. The van der Waals surface area contributed by atoms with E-state index in [-0.39, 0.29) is 11.5 Å². The van der Waals surface area contributed by atoms with Gasteiger partial charge < -0.3 is 5.32 Å². The van der Waals surface area contributed by atoms with Crippen LogP contribution in [0.2, 0.25) is 10.0 Å². The SMILES string of the molecule is CC(=O)N(c1ccc(C)c(C)c1)c1nc(/C=C(\C#N)C(=O)Nc2cc(Cl)ccc2Cl)cs1. The van der Waals surface area contributed by atoms with Crippen LogP contribution in [0.5, 0.6) is 0 Å². The van der Waals surface area contributed by atoms with Gasteiger partial charge in [-0.05, 0) is 61.4 Å². The van der Waals surface area contributed by atoms with Gasteiger partial charge >= 0.3 is 0 Å². The number of halogens is 2. The lowest BCUT2D eigenvalue weighted by Crippen LogP contribution is -2.22. The van der Waals surface area contributed by atoms with Gasteiger partial charge in [0, 0.05) is 17.3 Å². The molecule has 9 heteroatoms. The Morgan fingerprint density at radius 2 is 1.91 bits per heavy atom. The Bertz CT molecular complexity index is 1280. The van der Waals surface area contributed by atoms with Crippen molar-refractivity contribution in [1.82, 2.24) is 4.98 Å². The predicted octanol–water partition coefficient (Wildman–Crippen LogP) is 6.30. The second-order valence-electron chi connectivity index (χ2n) is 6.93. The van der Waals surface area contributed by atoms with Gasteiger partial charge in [-0.3, -0.25) is 14.5 Å². The van der Waals surface area contributed by atoms with Crippen molar-refractivity contribution in [2.75, 3.05) is 10.2 Å². The highest BCUT2D eigenvalue weighted by molar-refractivity contribution is 7.14. The highest BCUT2D eigenvalue weighted by atomic mass is 35.5.